The van der Waals surface area contributed by atoms with Crippen molar-refractivity contribution in [1.82, 2.24) is 19.7 Å². The molecule has 0 fully saturated rings. The average Bonchev–Trinajstić information content (AvgIpc) is 3.23. The van der Waals surface area contributed by atoms with Crippen molar-refractivity contribution in [3.63, 3.8) is 0 Å². The molecule has 1 amide bonds. The summed E-state index contributed by atoms with van der Waals surface area (Å²) >= 11 is 0. The van der Waals surface area contributed by atoms with Gasteiger partial charge in [-0.3, -0.25) is 9.69 Å². The number of hydrogen-bond acceptors (Lipinski definition) is 4. The van der Waals surface area contributed by atoms with Crippen LogP contribution in [0.4, 0.5) is 0 Å². The lowest BCUT2D eigenvalue weighted by molar-refractivity contribution is -0.116. The molecule has 0 atom stereocenters. The first-order valence-corrected chi connectivity index (χ1v) is 12.0. The maximum atomic E-state index is 12.3. The summed E-state index contributed by atoms with van der Waals surface area (Å²) in [6.07, 6.45) is 8.43. The summed E-state index contributed by atoms with van der Waals surface area (Å²) < 4.78 is 1.99. The van der Waals surface area contributed by atoms with Crippen LogP contribution in [0.25, 0.3) is 17.1 Å². The molecule has 6 heteroatoms. The molecule has 2 heterocycles. The number of carbonyl (C=O) groups is 1. The minimum atomic E-state index is -0.0676. The molecule has 0 saturated carbocycles. The molecule has 6 nitrogen and oxygen atoms in total. The second kappa shape index (κ2) is 11.1. The summed E-state index contributed by atoms with van der Waals surface area (Å²) in [6.45, 7) is 4.54. The lowest BCUT2D eigenvalue weighted by Crippen LogP contribution is -2.32. The first kappa shape index (κ1) is 23.7. The normalized spacial score (nSPS) is 13.9. The van der Waals surface area contributed by atoms with Crippen LogP contribution in [-0.4, -0.2) is 54.0 Å². The van der Waals surface area contributed by atoms with Crippen LogP contribution in [0.3, 0.4) is 0 Å². The Morgan fingerprint density at radius 3 is 2.85 bits per heavy atom. The number of aromatic nitrogens is 1. The van der Waals surface area contributed by atoms with Crippen molar-refractivity contribution in [2.75, 3.05) is 33.7 Å². The van der Waals surface area contributed by atoms with Crippen molar-refractivity contribution < 1.29 is 4.79 Å². The van der Waals surface area contributed by atoms with Gasteiger partial charge in [0.05, 0.1) is 17.1 Å². The van der Waals surface area contributed by atoms with E-state index in [9.17, 15) is 4.79 Å². The summed E-state index contributed by atoms with van der Waals surface area (Å²) in [5, 5.41) is 13.3. The van der Waals surface area contributed by atoms with Gasteiger partial charge in [-0.15, -0.1) is 0 Å². The minimum Gasteiger partial charge on any atom is -0.353 e. The molecule has 0 bridgehead atoms. The van der Waals surface area contributed by atoms with E-state index in [4.69, 9.17) is 5.26 Å². The van der Waals surface area contributed by atoms with Gasteiger partial charge in [0.25, 0.3) is 0 Å². The highest BCUT2D eigenvalue weighted by Crippen LogP contribution is 2.21. The highest BCUT2D eigenvalue weighted by Gasteiger charge is 2.16. The predicted molar refractivity (Wildman–Crippen MR) is 137 cm³/mol. The first-order valence-electron chi connectivity index (χ1n) is 12.0. The molecule has 0 aliphatic carbocycles. The highest BCUT2D eigenvalue weighted by atomic mass is 16.1. The molecule has 2 aromatic carbocycles. The third-order valence-corrected chi connectivity index (χ3v) is 6.30. The quantitative estimate of drug-likeness (QED) is 0.391. The SMILES string of the molecule is CN(C)Cc1ccc2c(ccn2/C=C/C(=O)NCCCCN2CCc3ccc(C#N)cc3C2)c1. The fourth-order valence-electron chi connectivity index (χ4n) is 4.56. The predicted octanol–water partition coefficient (Wildman–Crippen LogP) is 4.00. The molecule has 0 spiro atoms. The van der Waals surface area contributed by atoms with Gasteiger partial charge in [0.2, 0.25) is 5.91 Å². The molecule has 0 radical (unpaired) electrons. The zero-order chi connectivity index (χ0) is 23.9. The van der Waals surface area contributed by atoms with Crippen LogP contribution in [0.2, 0.25) is 0 Å². The van der Waals surface area contributed by atoms with Crippen LogP contribution in [0.1, 0.15) is 35.1 Å². The van der Waals surface area contributed by atoms with Crippen molar-refractivity contribution >= 4 is 23.0 Å². The zero-order valence-corrected chi connectivity index (χ0v) is 20.1. The second-order valence-electron chi connectivity index (χ2n) is 9.29. The van der Waals surface area contributed by atoms with E-state index in [0.29, 0.717) is 6.54 Å². The van der Waals surface area contributed by atoms with Crippen molar-refractivity contribution in [3.8, 4) is 6.07 Å². The number of benzene rings is 2. The zero-order valence-electron chi connectivity index (χ0n) is 20.1. The molecule has 0 saturated heterocycles. The van der Waals surface area contributed by atoms with E-state index >= 15 is 0 Å². The molecule has 1 aliphatic rings. The van der Waals surface area contributed by atoms with Gasteiger partial charge >= 0.3 is 0 Å². The molecular formula is C28H33N5O. The molecular weight excluding hydrogens is 422 g/mol. The van der Waals surface area contributed by atoms with E-state index in [2.05, 4.69) is 65.6 Å². The van der Waals surface area contributed by atoms with Crippen LogP contribution in [0.15, 0.2) is 54.7 Å². The Morgan fingerprint density at radius 2 is 2.03 bits per heavy atom. The van der Waals surface area contributed by atoms with Crippen molar-refractivity contribution in [2.45, 2.75) is 32.4 Å². The Bertz CT molecular complexity index is 1220. The van der Waals surface area contributed by atoms with E-state index in [0.717, 1.165) is 56.5 Å². The number of hydrogen-bond donors (Lipinski definition) is 1. The Balaban J connectivity index is 1.19. The lowest BCUT2D eigenvalue weighted by atomic mass is 9.97. The lowest BCUT2D eigenvalue weighted by Gasteiger charge is -2.28. The van der Waals surface area contributed by atoms with Crippen LogP contribution in [-0.2, 0) is 24.3 Å². The van der Waals surface area contributed by atoms with Crippen LogP contribution < -0.4 is 5.32 Å². The monoisotopic (exact) mass is 455 g/mol. The van der Waals surface area contributed by atoms with E-state index in [1.165, 1.54) is 22.1 Å². The maximum Gasteiger partial charge on any atom is 0.245 e. The minimum absolute atomic E-state index is 0.0676. The Kier molecular flexibility index (Phi) is 7.79. The van der Waals surface area contributed by atoms with E-state index < -0.39 is 0 Å². The third-order valence-electron chi connectivity index (χ3n) is 6.30. The highest BCUT2D eigenvalue weighted by molar-refractivity contribution is 5.91. The molecule has 1 N–H and O–H groups in total. The molecule has 34 heavy (non-hydrogen) atoms. The second-order valence-corrected chi connectivity index (χ2v) is 9.29. The number of unbranched alkanes of at least 4 members (excludes halogenated alkanes) is 1. The van der Waals surface area contributed by atoms with Gasteiger partial charge in [-0.25, -0.2) is 0 Å². The van der Waals surface area contributed by atoms with E-state index in [-0.39, 0.29) is 5.91 Å². The molecule has 1 aromatic heterocycles. The van der Waals surface area contributed by atoms with Gasteiger partial charge in [-0.2, -0.15) is 5.26 Å². The number of amides is 1. The van der Waals surface area contributed by atoms with Crippen LogP contribution >= 0.6 is 0 Å². The number of nitrogens with zero attached hydrogens (tertiary/aromatic N) is 4. The molecule has 4 rings (SSSR count). The summed E-state index contributed by atoms with van der Waals surface area (Å²) in [4.78, 5) is 16.8. The number of nitriles is 1. The third kappa shape index (κ3) is 6.13. The van der Waals surface area contributed by atoms with Gasteiger partial charge in [0.1, 0.15) is 0 Å². The Hall–Kier alpha value is -3.40. The van der Waals surface area contributed by atoms with Gasteiger partial charge < -0.3 is 14.8 Å². The Morgan fingerprint density at radius 1 is 1.15 bits per heavy atom. The van der Waals surface area contributed by atoms with E-state index in [1.807, 2.05) is 29.1 Å². The fourth-order valence-corrected chi connectivity index (χ4v) is 4.56. The summed E-state index contributed by atoms with van der Waals surface area (Å²) in [7, 11) is 4.13. The van der Waals surface area contributed by atoms with Crippen molar-refractivity contribution in [3.05, 3.63) is 77.0 Å². The van der Waals surface area contributed by atoms with Crippen LogP contribution in [0.5, 0.6) is 0 Å². The Labute approximate surface area is 202 Å². The number of fused-ring (bicyclic) bond motifs is 2. The van der Waals surface area contributed by atoms with Crippen molar-refractivity contribution in [1.29, 1.82) is 5.26 Å². The van der Waals surface area contributed by atoms with Gasteiger partial charge in [0, 0.05) is 50.0 Å². The average molecular weight is 456 g/mol. The molecule has 3 aromatic rings. The van der Waals surface area contributed by atoms with Gasteiger partial charge in [-0.05, 0) is 86.9 Å². The smallest absolute Gasteiger partial charge is 0.245 e. The van der Waals surface area contributed by atoms with Gasteiger partial charge in [0.15, 0.2) is 0 Å². The topological polar surface area (TPSA) is 64.3 Å². The number of nitrogens with one attached hydrogen (secondary N) is 1. The number of carbonyl (C=O) groups excluding carboxylic acids is 1. The van der Waals surface area contributed by atoms with Gasteiger partial charge in [-0.1, -0.05) is 12.1 Å². The van der Waals surface area contributed by atoms with E-state index in [1.54, 1.807) is 6.08 Å². The maximum absolute atomic E-state index is 12.3. The summed E-state index contributed by atoms with van der Waals surface area (Å²) in [5.74, 6) is -0.0676. The fraction of sp³-hybridized carbons (Fsp3) is 0.357. The first-order chi connectivity index (χ1) is 16.5. The summed E-state index contributed by atoms with van der Waals surface area (Å²) in [6, 6.07) is 16.8. The van der Waals surface area contributed by atoms with Crippen LogP contribution in [0, 0.1) is 11.3 Å². The molecule has 1 aliphatic heterocycles. The summed E-state index contributed by atoms with van der Waals surface area (Å²) in [5.41, 5.74) is 5.74. The molecule has 0 unspecified atom stereocenters. The van der Waals surface area contributed by atoms with Crippen molar-refractivity contribution in [2.24, 2.45) is 0 Å². The standard InChI is InChI=1S/C28H33N5O/c1-31(2)20-23-6-8-27-25(18-23)10-15-33(27)16-11-28(34)30-12-3-4-13-32-14-9-24-7-5-22(19-29)17-26(24)21-32/h5-8,10-11,15-18H,3-4,9,12-14,20-21H2,1-2H3,(H,30,34)/b16-11+. The number of rotatable bonds is 9. The molecule has 176 valence electrons. The largest absolute Gasteiger partial charge is 0.353 e.